The van der Waals surface area contributed by atoms with Crippen molar-refractivity contribution in [2.45, 2.75) is 6.92 Å². The predicted molar refractivity (Wildman–Crippen MR) is 42.8 cm³/mol. The molecule has 0 amide bonds. The number of nitrogens with one attached hydrogen (secondary N) is 2. The smallest absolute Gasteiger partial charge is 0.679 e. The molecular weight excluding hydrogens is 359 g/mol. The number of carboxylic acid groups (broad SMARTS) is 2. The second kappa shape index (κ2) is 11.5. The minimum absolute atomic E-state index is 0. The Kier molecular flexibility index (Phi) is 16.3. The molecule has 0 bridgehead atoms. The van der Waals surface area contributed by atoms with Gasteiger partial charge in [-0.15, -0.1) is 0 Å². The van der Waals surface area contributed by atoms with Crippen LogP contribution in [0.2, 0.25) is 0 Å². The first-order chi connectivity index (χ1) is 5.47. The molecule has 0 fully saturated rings. The molecule has 7 heteroatoms. The summed E-state index contributed by atoms with van der Waals surface area (Å²) in [5.74, 6) is -3.91. The van der Waals surface area contributed by atoms with E-state index in [1.165, 1.54) is 0 Å². The third-order valence-electron chi connectivity index (χ3n) is 0.866. The molecule has 0 aromatic carbocycles. The van der Waals surface area contributed by atoms with Crippen LogP contribution >= 0.6 is 0 Å². The summed E-state index contributed by atoms with van der Waals surface area (Å²) < 4.78 is 0. The molecule has 0 aliphatic heterocycles. The maximum atomic E-state index is 9.76. The first kappa shape index (κ1) is 18.4. The molecule has 0 saturated carbocycles. The summed E-state index contributed by atoms with van der Waals surface area (Å²) >= 11 is 0. The van der Waals surface area contributed by atoms with Crippen molar-refractivity contribution in [2.24, 2.45) is 5.92 Å². The Bertz CT molecular complexity index is 138. The Morgan fingerprint density at radius 2 is 1.38 bits per heavy atom. The number of aliphatic carboxylic acids is 2. The van der Waals surface area contributed by atoms with Crippen molar-refractivity contribution < 1.29 is 40.9 Å². The van der Waals surface area contributed by atoms with Crippen LogP contribution in [-0.2, 0) is 30.7 Å². The topological polar surface area (TPSA) is 122 Å². The van der Waals surface area contributed by atoms with Crippen molar-refractivity contribution in [1.29, 1.82) is 0 Å². The molecule has 4 N–H and O–H groups in total. The molecule has 0 radical (unpaired) electrons. The summed E-state index contributed by atoms with van der Waals surface area (Å²) in [6, 6.07) is 0. The summed E-state index contributed by atoms with van der Waals surface area (Å²) in [6.07, 6.45) is 0. The third kappa shape index (κ3) is 14.4. The van der Waals surface area contributed by atoms with Gasteiger partial charge in [0.05, 0.1) is 0 Å². The molecular formula is C6H12N2O4Pt. The maximum absolute atomic E-state index is 9.76. The van der Waals surface area contributed by atoms with Crippen molar-refractivity contribution >= 4 is 11.9 Å². The Morgan fingerprint density at radius 3 is 1.38 bits per heavy atom. The van der Waals surface area contributed by atoms with Gasteiger partial charge in [-0.3, -0.25) is 9.59 Å². The van der Waals surface area contributed by atoms with Gasteiger partial charge in [0.25, 0.3) is 0 Å². The zero-order chi connectivity index (χ0) is 10.1. The fourth-order valence-corrected chi connectivity index (χ4v) is 0.106. The molecule has 0 aromatic heterocycles. The van der Waals surface area contributed by atoms with E-state index < -0.39 is 17.9 Å². The van der Waals surface area contributed by atoms with Crippen LogP contribution in [-0.4, -0.2) is 35.2 Å². The zero-order valence-electron chi connectivity index (χ0n) is 7.02. The van der Waals surface area contributed by atoms with Crippen LogP contribution in [0.5, 0.6) is 0 Å². The van der Waals surface area contributed by atoms with Gasteiger partial charge >= 0.3 is 33.0 Å². The fraction of sp³-hybridized carbons (Fsp3) is 0.667. The van der Waals surface area contributed by atoms with E-state index in [4.69, 9.17) is 21.7 Å². The number of carboxylic acids is 2. The van der Waals surface area contributed by atoms with E-state index in [0.717, 1.165) is 6.92 Å². The summed E-state index contributed by atoms with van der Waals surface area (Å²) in [5, 5.41) is 15.9. The number of hydrogen-bond donors (Lipinski definition) is 2. The van der Waals surface area contributed by atoms with Crippen molar-refractivity contribution in [3.8, 4) is 0 Å². The van der Waals surface area contributed by atoms with E-state index in [0.29, 0.717) is 0 Å². The second-order valence-electron chi connectivity index (χ2n) is 1.90. The van der Waals surface area contributed by atoms with Crippen LogP contribution in [0.25, 0.3) is 11.5 Å². The van der Waals surface area contributed by atoms with Crippen LogP contribution in [0.4, 0.5) is 0 Å². The number of carbonyl (C=O) groups is 2. The maximum Gasteiger partial charge on any atom is 2.00 e. The Balaban J connectivity index is -0.000000173. The Morgan fingerprint density at radius 1 is 1.15 bits per heavy atom. The van der Waals surface area contributed by atoms with E-state index in [2.05, 4.69) is 0 Å². The van der Waals surface area contributed by atoms with Crippen molar-refractivity contribution in [2.75, 3.05) is 13.1 Å². The molecule has 0 rings (SSSR count). The molecule has 0 aliphatic carbocycles. The normalized spacial score (nSPS) is 8.00. The zero-order valence-corrected chi connectivity index (χ0v) is 9.29. The van der Waals surface area contributed by atoms with Crippen molar-refractivity contribution in [3.05, 3.63) is 11.5 Å². The minimum Gasteiger partial charge on any atom is -0.679 e. The number of hydrogen-bond acceptors (Lipinski definition) is 2. The van der Waals surface area contributed by atoms with Crippen LogP contribution in [0, 0.1) is 5.92 Å². The quantitative estimate of drug-likeness (QED) is 0.715. The molecule has 0 saturated heterocycles. The molecule has 0 heterocycles. The first-order valence-corrected chi connectivity index (χ1v) is 3.22. The monoisotopic (exact) mass is 371 g/mol. The molecule has 6 nitrogen and oxygen atoms in total. The Hall–Kier alpha value is -0.452. The second-order valence-corrected chi connectivity index (χ2v) is 1.90. The van der Waals surface area contributed by atoms with Gasteiger partial charge in [0.1, 0.15) is 0 Å². The summed E-state index contributed by atoms with van der Waals surface area (Å²) in [4.78, 5) is 19.5. The summed E-state index contributed by atoms with van der Waals surface area (Å²) in [5.41, 5.74) is 12.5. The van der Waals surface area contributed by atoms with Crippen LogP contribution in [0.1, 0.15) is 6.92 Å². The largest absolute Gasteiger partial charge is 2.00 e. The van der Waals surface area contributed by atoms with Crippen LogP contribution in [0.15, 0.2) is 0 Å². The number of rotatable bonds is 3. The summed E-state index contributed by atoms with van der Waals surface area (Å²) in [6.45, 7) is 1.59. The van der Waals surface area contributed by atoms with Crippen LogP contribution < -0.4 is 0 Å². The van der Waals surface area contributed by atoms with Gasteiger partial charge in [0, 0.05) is 0 Å². The summed E-state index contributed by atoms with van der Waals surface area (Å²) in [7, 11) is 0. The molecule has 0 atom stereocenters. The van der Waals surface area contributed by atoms with Crippen molar-refractivity contribution in [1.82, 2.24) is 0 Å². The minimum atomic E-state index is -1.31. The predicted octanol–water partition coefficient (Wildman–Crippen LogP) is 0.880. The average molecular weight is 371 g/mol. The van der Waals surface area contributed by atoms with E-state index in [-0.39, 0.29) is 34.2 Å². The molecule has 80 valence electrons. The molecule has 0 aliphatic rings. The van der Waals surface area contributed by atoms with Gasteiger partial charge in [-0.2, -0.15) is 13.1 Å². The molecule has 0 aromatic rings. The van der Waals surface area contributed by atoms with E-state index in [1.807, 2.05) is 0 Å². The SMILES string of the molecule is CC(C(=O)O)C(=O)O.[NH-]CC[NH-].[Pt+2]. The standard InChI is InChI=1S/C4H6O4.C2H6N2.Pt/c1-2(3(5)6)4(7)8;3-1-2-4;/h2H,1H3,(H,5,6)(H,7,8);3-4H,1-2H2;/q;-2;+2. The average Bonchev–Trinajstić information content (AvgIpc) is 2.03. The van der Waals surface area contributed by atoms with Gasteiger partial charge in [-0.1, -0.05) is 0 Å². The van der Waals surface area contributed by atoms with Gasteiger partial charge < -0.3 is 21.7 Å². The van der Waals surface area contributed by atoms with E-state index in [1.54, 1.807) is 0 Å². The van der Waals surface area contributed by atoms with Crippen molar-refractivity contribution in [3.63, 3.8) is 0 Å². The molecule has 0 unspecified atom stereocenters. The Labute approximate surface area is 90.5 Å². The van der Waals surface area contributed by atoms with Gasteiger partial charge in [-0.25, -0.2) is 0 Å². The third-order valence-corrected chi connectivity index (χ3v) is 0.866. The fourth-order valence-electron chi connectivity index (χ4n) is 0.106. The van der Waals surface area contributed by atoms with Gasteiger partial charge in [0.2, 0.25) is 0 Å². The first-order valence-electron chi connectivity index (χ1n) is 3.22. The van der Waals surface area contributed by atoms with E-state index in [9.17, 15) is 9.59 Å². The van der Waals surface area contributed by atoms with E-state index >= 15 is 0 Å². The van der Waals surface area contributed by atoms with Gasteiger partial charge in [0.15, 0.2) is 5.92 Å². The molecule has 0 spiro atoms. The van der Waals surface area contributed by atoms with Crippen LogP contribution in [0.3, 0.4) is 0 Å². The molecule has 13 heavy (non-hydrogen) atoms. The van der Waals surface area contributed by atoms with Gasteiger partial charge in [-0.05, 0) is 6.92 Å².